The minimum Gasteiger partial charge on any atom is -0.103 e. The lowest BCUT2D eigenvalue weighted by molar-refractivity contribution is 0.394. The molecular formula is C16H20. The molecule has 0 saturated carbocycles. The molecule has 0 N–H and O–H groups in total. The van der Waals surface area contributed by atoms with Gasteiger partial charge in [-0.1, -0.05) is 50.8 Å². The fraction of sp³-hybridized carbons (Fsp3) is 0.375. The molecule has 0 amide bonds. The Bertz CT molecular complexity index is 423. The van der Waals surface area contributed by atoms with E-state index in [4.69, 9.17) is 0 Å². The zero-order valence-electron chi connectivity index (χ0n) is 10.3. The number of rotatable bonds is 3. The molecule has 0 aromatic heterocycles. The summed E-state index contributed by atoms with van der Waals surface area (Å²) in [4.78, 5) is 0. The van der Waals surface area contributed by atoms with Crippen LogP contribution < -0.4 is 0 Å². The molecule has 1 aliphatic carbocycles. The summed E-state index contributed by atoms with van der Waals surface area (Å²) < 4.78 is 0. The van der Waals surface area contributed by atoms with Crippen molar-refractivity contribution in [1.29, 1.82) is 0 Å². The topological polar surface area (TPSA) is 0 Å². The molecule has 0 aliphatic heterocycles. The zero-order valence-corrected chi connectivity index (χ0v) is 10.3. The van der Waals surface area contributed by atoms with Crippen LogP contribution >= 0.6 is 0 Å². The van der Waals surface area contributed by atoms with Crippen LogP contribution in [0, 0.1) is 5.92 Å². The smallest absolute Gasteiger partial charge is 0.00288 e. The Morgan fingerprint density at radius 2 is 2.00 bits per heavy atom. The van der Waals surface area contributed by atoms with E-state index in [-0.39, 0.29) is 5.41 Å². The van der Waals surface area contributed by atoms with Crippen molar-refractivity contribution in [2.45, 2.75) is 32.1 Å². The molecule has 1 aromatic rings. The maximum Gasteiger partial charge on any atom is -0.00288 e. The SMILES string of the molecule is C=CCCC1C(=C)c2ccccc2C1(C)C. The van der Waals surface area contributed by atoms with E-state index in [9.17, 15) is 0 Å². The molecule has 84 valence electrons. The number of hydrogen-bond acceptors (Lipinski definition) is 0. The maximum absolute atomic E-state index is 4.29. The van der Waals surface area contributed by atoms with Crippen molar-refractivity contribution < 1.29 is 0 Å². The summed E-state index contributed by atoms with van der Waals surface area (Å²) in [6.45, 7) is 12.8. The van der Waals surface area contributed by atoms with Gasteiger partial charge in [0.15, 0.2) is 0 Å². The van der Waals surface area contributed by atoms with Crippen LogP contribution in [0.2, 0.25) is 0 Å². The summed E-state index contributed by atoms with van der Waals surface area (Å²) in [6, 6.07) is 8.68. The van der Waals surface area contributed by atoms with Crippen molar-refractivity contribution in [3.8, 4) is 0 Å². The largest absolute Gasteiger partial charge is 0.103 e. The van der Waals surface area contributed by atoms with Crippen LogP contribution in [-0.2, 0) is 5.41 Å². The third kappa shape index (κ3) is 1.53. The molecule has 0 bridgehead atoms. The Labute approximate surface area is 98.7 Å². The van der Waals surface area contributed by atoms with E-state index in [2.05, 4.69) is 51.3 Å². The van der Waals surface area contributed by atoms with E-state index in [1.807, 2.05) is 6.08 Å². The molecule has 0 nitrogen and oxygen atoms in total. The average Bonchev–Trinajstić information content (AvgIpc) is 2.46. The van der Waals surface area contributed by atoms with Crippen LogP contribution in [0.15, 0.2) is 43.5 Å². The summed E-state index contributed by atoms with van der Waals surface area (Å²) in [5, 5.41) is 0. The van der Waals surface area contributed by atoms with Gasteiger partial charge in [-0.3, -0.25) is 0 Å². The second-order valence-corrected chi connectivity index (χ2v) is 5.21. The van der Waals surface area contributed by atoms with E-state index in [1.54, 1.807) is 0 Å². The van der Waals surface area contributed by atoms with Crippen molar-refractivity contribution >= 4 is 5.57 Å². The van der Waals surface area contributed by atoms with Gasteiger partial charge in [0.2, 0.25) is 0 Å². The Morgan fingerprint density at radius 1 is 1.31 bits per heavy atom. The van der Waals surface area contributed by atoms with Crippen LogP contribution in [0.1, 0.15) is 37.8 Å². The molecule has 1 aromatic carbocycles. The summed E-state index contributed by atoms with van der Waals surface area (Å²) in [5.41, 5.74) is 4.34. The van der Waals surface area contributed by atoms with E-state index in [0.29, 0.717) is 5.92 Å². The monoisotopic (exact) mass is 212 g/mol. The van der Waals surface area contributed by atoms with Crippen molar-refractivity contribution in [3.05, 3.63) is 54.6 Å². The van der Waals surface area contributed by atoms with Crippen molar-refractivity contribution in [1.82, 2.24) is 0 Å². The molecule has 0 heteroatoms. The van der Waals surface area contributed by atoms with E-state index in [0.717, 1.165) is 12.8 Å². The molecule has 2 rings (SSSR count). The lowest BCUT2D eigenvalue weighted by Gasteiger charge is -2.28. The molecule has 0 spiro atoms. The summed E-state index contributed by atoms with van der Waals surface area (Å²) in [6.07, 6.45) is 4.23. The normalized spacial score (nSPS) is 21.9. The number of benzene rings is 1. The third-order valence-corrected chi connectivity index (χ3v) is 3.92. The predicted molar refractivity (Wildman–Crippen MR) is 71.4 cm³/mol. The van der Waals surface area contributed by atoms with Gasteiger partial charge in [-0.05, 0) is 40.9 Å². The van der Waals surface area contributed by atoms with Crippen LogP contribution in [0.4, 0.5) is 0 Å². The number of fused-ring (bicyclic) bond motifs is 1. The van der Waals surface area contributed by atoms with Gasteiger partial charge >= 0.3 is 0 Å². The van der Waals surface area contributed by atoms with Crippen LogP contribution in [0.3, 0.4) is 0 Å². The highest BCUT2D eigenvalue weighted by molar-refractivity contribution is 5.75. The number of hydrogen-bond donors (Lipinski definition) is 0. The highest BCUT2D eigenvalue weighted by Crippen LogP contribution is 2.50. The Balaban J connectivity index is 2.40. The van der Waals surface area contributed by atoms with Gasteiger partial charge in [0.25, 0.3) is 0 Å². The van der Waals surface area contributed by atoms with Gasteiger partial charge in [-0.15, -0.1) is 6.58 Å². The standard InChI is InChI=1S/C16H20/c1-5-6-10-14-12(2)13-9-7-8-11-15(13)16(14,3)4/h5,7-9,11,14H,1-2,6,10H2,3-4H3. The van der Waals surface area contributed by atoms with Gasteiger partial charge in [0.05, 0.1) is 0 Å². The lowest BCUT2D eigenvalue weighted by Crippen LogP contribution is -2.23. The molecular weight excluding hydrogens is 192 g/mol. The first-order valence-corrected chi connectivity index (χ1v) is 5.98. The average molecular weight is 212 g/mol. The molecule has 16 heavy (non-hydrogen) atoms. The second kappa shape index (κ2) is 3.93. The van der Waals surface area contributed by atoms with Crippen molar-refractivity contribution in [2.75, 3.05) is 0 Å². The molecule has 0 heterocycles. The maximum atomic E-state index is 4.29. The van der Waals surface area contributed by atoms with Gasteiger partial charge in [0, 0.05) is 0 Å². The molecule has 0 saturated heterocycles. The molecule has 0 fully saturated rings. The summed E-state index contributed by atoms with van der Waals surface area (Å²) in [5.74, 6) is 0.558. The Hall–Kier alpha value is -1.30. The highest BCUT2D eigenvalue weighted by Gasteiger charge is 2.40. The molecule has 0 radical (unpaired) electrons. The summed E-state index contributed by atoms with van der Waals surface area (Å²) >= 11 is 0. The Kier molecular flexibility index (Phi) is 2.75. The summed E-state index contributed by atoms with van der Waals surface area (Å²) in [7, 11) is 0. The number of allylic oxidation sites excluding steroid dienone is 2. The van der Waals surface area contributed by atoms with Crippen molar-refractivity contribution in [3.63, 3.8) is 0 Å². The molecule has 1 atom stereocenters. The first kappa shape index (κ1) is 11.2. The van der Waals surface area contributed by atoms with Gasteiger partial charge in [-0.2, -0.15) is 0 Å². The predicted octanol–water partition coefficient (Wildman–Crippen LogP) is 4.57. The fourth-order valence-corrected chi connectivity index (χ4v) is 2.96. The van der Waals surface area contributed by atoms with Crippen LogP contribution in [0.5, 0.6) is 0 Å². The van der Waals surface area contributed by atoms with Gasteiger partial charge < -0.3 is 0 Å². The molecule has 1 aliphatic rings. The second-order valence-electron chi connectivity index (χ2n) is 5.21. The first-order chi connectivity index (χ1) is 7.59. The van der Waals surface area contributed by atoms with E-state index in [1.165, 1.54) is 16.7 Å². The van der Waals surface area contributed by atoms with Crippen LogP contribution in [-0.4, -0.2) is 0 Å². The quantitative estimate of drug-likeness (QED) is 0.644. The first-order valence-electron chi connectivity index (χ1n) is 5.98. The minimum atomic E-state index is 0.219. The zero-order chi connectivity index (χ0) is 11.8. The van der Waals surface area contributed by atoms with Gasteiger partial charge in [-0.25, -0.2) is 0 Å². The van der Waals surface area contributed by atoms with Gasteiger partial charge in [0.1, 0.15) is 0 Å². The van der Waals surface area contributed by atoms with Crippen LogP contribution in [0.25, 0.3) is 5.57 Å². The van der Waals surface area contributed by atoms with E-state index >= 15 is 0 Å². The Morgan fingerprint density at radius 3 is 2.62 bits per heavy atom. The molecule has 1 unspecified atom stereocenters. The highest BCUT2D eigenvalue weighted by atomic mass is 14.4. The van der Waals surface area contributed by atoms with Crippen molar-refractivity contribution in [2.24, 2.45) is 5.92 Å². The van der Waals surface area contributed by atoms with E-state index < -0.39 is 0 Å². The third-order valence-electron chi connectivity index (χ3n) is 3.92. The fourth-order valence-electron chi connectivity index (χ4n) is 2.96. The lowest BCUT2D eigenvalue weighted by atomic mass is 9.75. The minimum absolute atomic E-state index is 0.219.